The Morgan fingerprint density at radius 2 is 1.95 bits per heavy atom. The molecule has 4 heteroatoms. The molecule has 21 heavy (non-hydrogen) atoms. The van der Waals surface area contributed by atoms with E-state index < -0.39 is 0 Å². The van der Waals surface area contributed by atoms with Gasteiger partial charge in [-0.2, -0.15) is 0 Å². The third-order valence-corrected chi connectivity index (χ3v) is 7.94. The molecule has 1 aliphatic rings. The number of likely N-dealkylation sites (tertiary alicyclic amines) is 1. The number of alkyl halides is 2. The standard InChI is InChI=1S/C17H21IN3/c1-2-18-17(7-10-19)8-11-21(12-9-17)14-16-6-4-3-5-15(16)13-20/h3-6H,2,7-9,11-12,14H2,1H3/q-1. The summed E-state index contributed by atoms with van der Waals surface area (Å²) in [5.74, 6) is 0. The molecule has 2 rings (SSSR count). The molecule has 1 saturated heterocycles. The molecule has 3 nitrogen and oxygen atoms in total. The normalized spacial score (nSPS) is 18.0. The molecule has 0 amide bonds. The van der Waals surface area contributed by atoms with Gasteiger partial charge >= 0.3 is 138 Å². The van der Waals surface area contributed by atoms with Gasteiger partial charge in [-0.15, -0.1) is 0 Å². The second-order valence-electron chi connectivity index (χ2n) is 5.43. The summed E-state index contributed by atoms with van der Waals surface area (Å²) in [4.78, 5) is 2.44. The molecular formula is C17H21IN3-. The van der Waals surface area contributed by atoms with Crippen LogP contribution in [0.25, 0.3) is 0 Å². The first-order valence-corrected chi connectivity index (χ1v) is 10.0. The van der Waals surface area contributed by atoms with Crippen molar-refractivity contribution in [1.82, 2.24) is 4.90 Å². The summed E-state index contributed by atoms with van der Waals surface area (Å²) >= 11 is 0.123. The average Bonchev–Trinajstić information content (AvgIpc) is 2.51. The fourth-order valence-electron chi connectivity index (χ4n) is 2.90. The Labute approximate surface area is 137 Å². The summed E-state index contributed by atoms with van der Waals surface area (Å²) in [5, 5.41) is 18.3. The molecular weight excluding hydrogens is 373 g/mol. The molecule has 0 saturated carbocycles. The first-order chi connectivity index (χ1) is 10.2. The first kappa shape index (κ1) is 16.3. The minimum absolute atomic E-state index is 0.123. The predicted octanol–water partition coefficient (Wildman–Crippen LogP) is -0.0845. The van der Waals surface area contributed by atoms with Crippen molar-refractivity contribution < 1.29 is 21.2 Å². The Hall–Kier alpha value is -1.11. The van der Waals surface area contributed by atoms with Gasteiger partial charge in [-0.1, -0.05) is 0 Å². The van der Waals surface area contributed by atoms with Gasteiger partial charge in [0.25, 0.3) is 0 Å². The van der Waals surface area contributed by atoms with E-state index in [0.717, 1.165) is 50.0 Å². The Kier molecular flexibility index (Phi) is 6.02. The van der Waals surface area contributed by atoms with E-state index in [1.165, 1.54) is 4.43 Å². The van der Waals surface area contributed by atoms with Gasteiger partial charge < -0.3 is 0 Å². The summed E-state index contributed by atoms with van der Waals surface area (Å²) in [6.45, 7) is 5.22. The van der Waals surface area contributed by atoms with Crippen LogP contribution < -0.4 is 21.2 Å². The van der Waals surface area contributed by atoms with Gasteiger partial charge in [0, 0.05) is 0 Å². The van der Waals surface area contributed by atoms with E-state index >= 15 is 0 Å². The number of nitrogens with zero attached hydrogens (tertiary/aromatic N) is 3. The molecule has 0 spiro atoms. The number of benzene rings is 1. The number of nitriles is 2. The minimum atomic E-state index is 0.123. The molecule has 0 atom stereocenters. The number of piperidine rings is 1. The summed E-state index contributed by atoms with van der Waals surface area (Å²) in [5.41, 5.74) is 1.91. The zero-order chi connectivity index (χ0) is 15.1. The van der Waals surface area contributed by atoms with Gasteiger partial charge in [-0.25, -0.2) is 0 Å². The van der Waals surface area contributed by atoms with Gasteiger partial charge in [0.2, 0.25) is 0 Å². The second kappa shape index (κ2) is 7.77. The fraction of sp³-hybridized carbons (Fsp3) is 0.529. The molecule has 0 bridgehead atoms. The quantitative estimate of drug-likeness (QED) is 0.519. The monoisotopic (exact) mass is 394 g/mol. The van der Waals surface area contributed by atoms with Crippen LogP contribution in [0.5, 0.6) is 0 Å². The molecule has 1 fully saturated rings. The van der Waals surface area contributed by atoms with Gasteiger partial charge in [0.1, 0.15) is 0 Å². The molecule has 1 aliphatic heterocycles. The predicted molar refractivity (Wildman–Crippen MR) is 79.2 cm³/mol. The van der Waals surface area contributed by atoms with Crippen LogP contribution in [0.1, 0.15) is 37.3 Å². The van der Waals surface area contributed by atoms with Crippen molar-refractivity contribution in [3.63, 3.8) is 0 Å². The van der Waals surface area contributed by atoms with Gasteiger partial charge in [-0.3, -0.25) is 0 Å². The van der Waals surface area contributed by atoms with Crippen molar-refractivity contribution in [3.05, 3.63) is 35.4 Å². The average molecular weight is 394 g/mol. The van der Waals surface area contributed by atoms with Crippen molar-refractivity contribution in [3.8, 4) is 12.1 Å². The number of rotatable bonds is 5. The van der Waals surface area contributed by atoms with Crippen LogP contribution in [0.15, 0.2) is 24.3 Å². The van der Waals surface area contributed by atoms with Crippen molar-refractivity contribution in [1.29, 1.82) is 10.5 Å². The number of halogens is 1. The van der Waals surface area contributed by atoms with Crippen LogP contribution >= 0.6 is 0 Å². The third kappa shape index (κ3) is 4.18. The summed E-state index contributed by atoms with van der Waals surface area (Å²) < 4.78 is 1.60. The van der Waals surface area contributed by atoms with E-state index in [1.54, 1.807) is 0 Å². The Morgan fingerprint density at radius 1 is 1.24 bits per heavy atom. The van der Waals surface area contributed by atoms with E-state index in [0.29, 0.717) is 3.42 Å². The summed E-state index contributed by atoms with van der Waals surface area (Å²) in [6.07, 6.45) is 3.03. The molecule has 1 aromatic rings. The molecule has 112 valence electrons. The topological polar surface area (TPSA) is 50.8 Å². The van der Waals surface area contributed by atoms with E-state index in [1.807, 2.05) is 18.2 Å². The van der Waals surface area contributed by atoms with Crippen LogP contribution in [0.3, 0.4) is 0 Å². The molecule has 0 aromatic heterocycles. The van der Waals surface area contributed by atoms with E-state index in [9.17, 15) is 5.26 Å². The van der Waals surface area contributed by atoms with Crippen LogP contribution in [-0.4, -0.2) is 25.8 Å². The number of hydrogen-bond acceptors (Lipinski definition) is 3. The maximum absolute atomic E-state index is 9.17. The van der Waals surface area contributed by atoms with Crippen LogP contribution in [0, 0.1) is 22.7 Å². The molecule has 0 unspecified atom stereocenters. The van der Waals surface area contributed by atoms with Gasteiger partial charge in [-0.05, 0) is 0 Å². The summed E-state index contributed by atoms with van der Waals surface area (Å²) in [7, 11) is 0. The van der Waals surface area contributed by atoms with Crippen molar-refractivity contribution in [2.24, 2.45) is 0 Å². The van der Waals surface area contributed by atoms with Crippen molar-refractivity contribution in [2.75, 3.05) is 17.5 Å². The van der Waals surface area contributed by atoms with E-state index in [2.05, 4.69) is 30.0 Å². The van der Waals surface area contributed by atoms with Crippen molar-refractivity contribution in [2.45, 2.75) is 36.2 Å². The van der Waals surface area contributed by atoms with Gasteiger partial charge in [0.15, 0.2) is 0 Å². The molecule has 1 heterocycles. The van der Waals surface area contributed by atoms with E-state index in [-0.39, 0.29) is 21.2 Å². The first-order valence-electron chi connectivity index (χ1n) is 7.40. The Balaban J connectivity index is 1.98. The zero-order valence-electron chi connectivity index (χ0n) is 12.5. The third-order valence-electron chi connectivity index (χ3n) is 4.10. The van der Waals surface area contributed by atoms with Gasteiger partial charge in [0.05, 0.1) is 0 Å². The number of hydrogen-bond donors (Lipinski definition) is 0. The summed E-state index contributed by atoms with van der Waals surface area (Å²) in [6, 6.07) is 12.6. The van der Waals surface area contributed by atoms with Crippen LogP contribution in [-0.2, 0) is 6.54 Å². The Bertz CT molecular complexity index is 548. The maximum atomic E-state index is 9.17. The van der Waals surface area contributed by atoms with Crippen LogP contribution in [0.4, 0.5) is 0 Å². The molecule has 0 aliphatic carbocycles. The molecule has 0 radical (unpaired) electrons. The SMILES string of the molecule is CC[I-]C1(CC#N)CCN(Cc2ccccc2C#N)CC1. The second-order valence-corrected chi connectivity index (χ2v) is 10.0. The van der Waals surface area contributed by atoms with E-state index in [4.69, 9.17) is 5.26 Å². The zero-order valence-corrected chi connectivity index (χ0v) is 14.6. The fourth-order valence-corrected chi connectivity index (χ4v) is 6.21. The Morgan fingerprint density at radius 3 is 2.57 bits per heavy atom. The molecule has 1 aromatic carbocycles. The van der Waals surface area contributed by atoms with Crippen LogP contribution in [0.2, 0.25) is 0 Å². The molecule has 0 N–H and O–H groups in total. The van der Waals surface area contributed by atoms with Crippen molar-refractivity contribution >= 4 is 0 Å².